The van der Waals surface area contributed by atoms with Gasteiger partial charge in [0.1, 0.15) is 0 Å². The molecule has 0 nitrogen and oxygen atoms in total. The average molecular weight is 240 g/mol. The summed E-state index contributed by atoms with van der Waals surface area (Å²) in [6.07, 6.45) is 11.9. The van der Waals surface area contributed by atoms with Crippen LogP contribution in [0.25, 0.3) is 0 Å². The first-order valence-electron chi connectivity index (χ1n) is 8.00. The van der Waals surface area contributed by atoms with Gasteiger partial charge in [-0.1, -0.05) is 53.4 Å². The van der Waals surface area contributed by atoms with E-state index in [-0.39, 0.29) is 2.85 Å². The van der Waals surface area contributed by atoms with Crippen LogP contribution in [0.1, 0.15) is 81.9 Å². The van der Waals surface area contributed by atoms with Crippen molar-refractivity contribution < 1.29 is 2.85 Å². The van der Waals surface area contributed by atoms with Crippen molar-refractivity contribution >= 4 is 0 Å². The molecule has 0 heteroatoms. The summed E-state index contributed by atoms with van der Waals surface area (Å²) < 4.78 is 0. The van der Waals surface area contributed by atoms with Gasteiger partial charge in [0.15, 0.2) is 0 Å². The molecule has 0 heterocycles. The second-order valence-electron chi connectivity index (χ2n) is 7.73. The van der Waals surface area contributed by atoms with Crippen LogP contribution in [-0.4, -0.2) is 0 Å². The van der Waals surface area contributed by atoms with Gasteiger partial charge in [0.2, 0.25) is 0 Å². The summed E-state index contributed by atoms with van der Waals surface area (Å²) in [4.78, 5) is 0. The predicted octanol–water partition coefficient (Wildman–Crippen LogP) is 6.16. The zero-order valence-corrected chi connectivity index (χ0v) is 12.5. The number of hydrogen-bond acceptors (Lipinski definition) is 0. The highest BCUT2D eigenvalue weighted by atomic mass is 14.4. The Morgan fingerprint density at radius 1 is 0.647 bits per heavy atom. The first kappa shape index (κ1) is 13.4. The Labute approximate surface area is 112 Å². The van der Waals surface area contributed by atoms with Crippen molar-refractivity contribution in [1.29, 1.82) is 0 Å². The highest BCUT2D eigenvalue weighted by Gasteiger charge is 2.39. The van der Waals surface area contributed by atoms with Crippen molar-refractivity contribution in [1.82, 2.24) is 0 Å². The van der Waals surface area contributed by atoms with Crippen LogP contribution in [0, 0.1) is 29.1 Å². The maximum Gasteiger partial charge on any atom is 0 e. The number of rotatable bonds is 2. The fourth-order valence-electron chi connectivity index (χ4n) is 4.34. The second-order valence-corrected chi connectivity index (χ2v) is 7.73. The number of hydrogen-bond donors (Lipinski definition) is 0. The van der Waals surface area contributed by atoms with E-state index in [1.165, 1.54) is 51.4 Å². The molecule has 2 fully saturated rings. The van der Waals surface area contributed by atoms with Gasteiger partial charge in [0.25, 0.3) is 0 Å². The van der Waals surface area contributed by atoms with E-state index in [9.17, 15) is 0 Å². The molecule has 0 bridgehead atoms. The predicted molar refractivity (Wildman–Crippen MR) is 80.3 cm³/mol. The van der Waals surface area contributed by atoms with Crippen LogP contribution in [0.5, 0.6) is 0 Å². The van der Waals surface area contributed by atoms with Gasteiger partial charge in [-0.2, -0.15) is 0 Å². The van der Waals surface area contributed by atoms with Crippen molar-refractivity contribution in [2.45, 2.75) is 79.1 Å². The van der Waals surface area contributed by atoms with Crippen molar-refractivity contribution in [2.75, 3.05) is 0 Å². The lowest BCUT2D eigenvalue weighted by Crippen LogP contribution is -2.36. The maximum absolute atomic E-state index is 2.58. The molecule has 0 spiro atoms. The van der Waals surface area contributed by atoms with Crippen LogP contribution >= 0.6 is 0 Å². The summed E-state index contributed by atoms with van der Waals surface area (Å²) in [5.74, 6) is 4.01. The van der Waals surface area contributed by atoms with Crippen LogP contribution in [0.2, 0.25) is 0 Å². The normalized spacial score (nSPS) is 40.2. The average Bonchev–Trinajstić information content (AvgIpc) is 2.30. The Bertz CT molecular complexity index is 210. The van der Waals surface area contributed by atoms with Crippen molar-refractivity contribution in [3.05, 3.63) is 0 Å². The summed E-state index contributed by atoms with van der Waals surface area (Å²) in [7, 11) is 0. The Hall–Kier alpha value is 0. The molecule has 0 saturated heterocycles. The van der Waals surface area contributed by atoms with Crippen molar-refractivity contribution in [2.24, 2.45) is 29.1 Å². The van der Waals surface area contributed by atoms with Gasteiger partial charge in [-0.05, 0) is 54.8 Å². The van der Waals surface area contributed by atoms with Gasteiger partial charge in [-0.3, -0.25) is 0 Å². The first-order valence-corrected chi connectivity index (χ1v) is 8.00. The summed E-state index contributed by atoms with van der Waals surface area (Å²) in [5.41, 5.74) is 0.611. The fourth-order valence-corrected chi connectivity index (χ4v) is 4.34. The molecule has 2 saturated carbocycles. The Kier molecular flexibility index (Phi) is 4.21. The zero-order chi connectivity index (χ0) is 12.5. The van der Waals surface area contributed by atoms with E-state index >= 15 is 0 Å². The summed E-state index contributed by atoms with van der Waals surface area (Å²) in [5, 5.41) is 0. The van der Waals surface area contributed by atoms with E-state index in [1.54, 1.807) is 0 Å². The molecule has 0 amide bonds. The topological polar surface area (TPSA) is 0 Å². The molecule has 0 aromatic heterocycles. The van der Waals surface area contributed by atoms with Crippen LogP contribution in [0.3, 0.4) is 0 Å². The molecule has 0 aliphatic heterocycles. The molecular formula is C17H36. The molecule has 2 aliphatic rings. The van der Waals surface area contributed by atoms with Gasteiger partial charge < -0.3 is 0 Å². The molecule has 0 unspecified atom stereocenters. The molecule has 0 N–H and O–H groups in total. The van der Waals surface area contributed by atoms with E-state index in [0.717, 1.165) is 23.7 Å². The van der Waals surface area contributed by atoms with E-state index in [1.807, 2.05) is 0 Å². The highest BCUT2D eigenvalue weighted by Crippen LogP contribution is 2.49. The molecule has 0 aromatic rings. The molecule has 0 radical (unpaired) electrons. The Morgan fingerprint density at radius 2 is 0.941 bits per heavy atom. The minimum Gasteiger partial charge on any atom is -0.0625 e. The third-order valence-electron chi connectivity index (χ3n) is 6.14. The Morgan fingerprint density at radius 3 is 1.24 bits per heavy atom. The lowest BCUT2D eigenvalue weighted by Gasteiger charge is -2.46. The third-order valence-corrected chi connectivity index (χ3v) is 6.14. The van der Waals surface area contributed by atoms with Gasteiger partial charge in [-0.25, -0.2) is 0 Å². The van der Waals surface area contributed by atoms with Crippen LogP contribution in [0.15, 0.2) is 0 Å². The highest BCUT2D eigenvalue weighted by molar-refractivity contribution is 4.89. The van der Waals surface area contributed by atoms with E-state index in [4.69, 9.17) is 0 Å². The third kappa shape index (κ3) is 3.06. The van der Waals surface area contributed by atoms with E-state index in [0.29, 0.717) is 5.41 Å². The largest absolute Gasteiger partial charge is 0.0625 e. The quantitative estimate of drug-likeness (QED) is 0.542. The van der Waals surface area contributed by atoms with Crippen molar-refractivity contribution in [3.8, 4) is 0 Å². The molecule has 104 valence electrons. The molecule has 0 atom stereocenters. The maximum atomic E-state index is 2.58. The SMILES string of the molecule is CC1CCC(C(C)(C)C2CCC(C)CC2)CC1.[HH].[HH]. The standard InChI is InChI=1S/C17H32.2H2/c1-13-5-9-15(10-6-13)17(3,4)16-11-7-14(2)8-12-16;;/h13-16H,5-12H2,1-4H3;2*1H. The smallest absolute Gasteiger partial charge is 0 e. The van der Waals surface area contributed by atoms with Crippen molar-refractivity contribution in [3.63, 3.8) is 0 Å². The molecule has 0 aromatic carbocycles. The van der Waals surface area contributed by atoms with Gasteiger partial charge >= 0.3 is 0 Å². The van der Waals surface area contributed by atoms with Crippen LogP contribution < -0.4 is 0 Å². The molecule has 2 aliphatic carbocycles. The lowest BCUT2D eigenvalue weighted by atomic mass is 9.59. The fraction of sp³-hybridized carbons (Fsp3) is 1.00. The summed E-state index contributed by atoms with van der Waals surface area (Å²) in [6.45, 7) is 10.0. The minimum atomic E-state index is 0. The second kappa shape index (κ2) is 5.33. The van der Waals surface area contributed by atoms with Crippen LogP contribution in [0.4, 0.5) is 0 Å². The molecule has 17 heavy (non-hydrogen) atoms. The minimum absolute atomic E-state index is 0. The van der Waals surface area contributed by atoms with Gasteiger partial charge in [0, 0.05) is 2.85 Å². The van der Waals surface area contributed by atoms with Gasteiger partial charge in [0.05, 0.1) is 0 Å². The summed E-state index contributed by atoms with van der Waals surface area (Å²) >= 11 is 0. The van der Waals surface area contributed by atoms with Crippen LogP contribution in [-0.2, 0) is 0 Å². The van der Waals surface area contributed by atoms with Gasteiger partial charge in [-0.15, -0.1) is 0 Å². The Balaban J connectivity index is 0.00000162. The van der Waals surface area contributed by atoms with E-state index in [2.05, 4.69) is 27.7 Å². The molecule has 2 rings (SSSR count). The zero-order valence-electron chi connectivity index (χ0n) is 12.5. The molecular weight excluding hydrogens is 204 g/mol. The lowest BCUT2D eigenvalue weighted by molar-refractivity contribution is 0.0421. The monoisotopic (exact) mass is 240 g/mol. The summed E-state index contributed by atoms with van der Waals surface area (Å²) in [6, 6.07) is 0. The first-order chi connectivity index (χ1) is 8.00. The van der Waals surface area contributed by atoms with E-state index < -0.39 is 0 Å².